The van der Waals surface area contributed by atoms with Crippen molar-refractivity contribution >= 4 is 11.5 Å². The largest absolute Gasteiger partial charge is 0.377 e. The van der Waals surface area contributed by atoms with E-state index < -0.39 is 28.6 Å². The summed E-state index contributed by atoms with van der Waals surface area (Å²) in [4.78, 5) is 14.1. The summed E-state index contributed by atoms with van der Waals surface area (Å²) in [6.07, 6.45) is 8.63. The molecule has 196 valence electrons. The first-order valence-corrected chi connectivity index (χ1v) is 14.1. The van der Waals surface area contributed by atoms with Crippen LogP contribution in [-0.2, 0) is 4.79 Å². The Labute approximate surface area is 219 Å². The number of hydrogen-bond acceptors (Lipinski definition) is 3. The highest BCUT2D eigenvalue weighted by Crippen LogP contribution is 2.67. The van der Waals surface area contributed by atoms with Crippen molar-refractivity contribution in [1.29, 1.82) is 0 Å². The van der Waals surface area contributed by atoms with Crippen LogP contribution in [0.15, 0.2) is 34.9 Å². The van der Waals surface area contributed by atoms with Gasteiger partial charge in [-0.3, -0.25) is 4.79 Å². The summed E-state index contributed by atoms with van der Waals surface area (Å²) in [7, 11) is 1.83. The molecule has 3 fully saturated rings. The zero-order chi connectivity index (χ0) is 26.1. The summed E-state index contributed by atoms with van der Waals surface area (Å²) >= 11 is 0. The maximum Gasteiger partial charge on any atom is 0.156 e. The molecule has 37 heavy (non-hydrogen) atoms. The van der Waals surface area contributed by atoms with Crippen molar-refractivity contribution in [3.63, 3.8) is 0 Å². The number of nitrogens with zero attached hydrogens (tertiary/aromatic N) is 1. The normalized spacial score (nSPS) is 34.7. The second-order valence-electron chi connectivity index (χ2n) is 12.3. The van der Waals surface area contributed by atoms with Crippen LogP contribution in [0, 0.1) is 46.6 Å². The average molecular weight is 506 g/mol. The van der Waals surface area contributed by atoms with E-state index in [1.165, 1.54) is 12.1 Å². The molecular weight excluding hydrogens is 468 g/mol. The van der Waals surface area contributed by atoms with Gasteiger partial charge in [0.15, 0.2) is 5.78 Å². The fourth-order valence-electron chi connectivity index (χ4n) is 7.89. The zero-order valence-corrected chi connectivity index (χ0v) is 22.2. The third-order valence-electron chi connectivity index (χ3n) is 10.3. The highest BCUT2D eigenvalue weighted by molar-refractivity contribution is 5.93. The minimum atomic E-state index is -1.15. The van der Waals surface area contributed by atoms with Crippen LogP contribution >= 0.6 is 0 Å². The van der Waals surface area contributed by atoms with E-state index in [0.29, 0.717) is 43.8 Å². The molecule has 0 spiro atoms. The molecule has 0 heterocycles. The first-order chi connectivity index (χ1) is 17.6. The first-order valence-electron chi connectivity index (χ1n) is 14.1. The number of allylic oxidation sites excluding steroid dienone is 4. The molecule has 5 aliphatic carbocycles. The number of benzene rings is 1. The Morgan fingerprint density at radius 3 is 2.51 bits per heavy atom. The maximum absolute atomic E-state index is 15.9. The minimum Gasteiger partial charge on any atom is -0.377 e. The van der Waals surface area contributed by atoms with E-state index in [2.05, 4.69) is 18.8 Å². The van der Waals surface area contributed by atoms with Gasteiger partial charge in [0, 0.05) is 48.5 Å². The van der Waals surface area contributed by atoms with E-state index in [9.17, 15) is 9.90 Å². The number of carbonyl (C=O) groups excluding carboxylic acids is 1. The third kappa shape index (κ3) is 3.90. The molecule has 6 rings (SSSR count). The molecule has 1 aromatic carbocycles. The smallest absolute Gasteiger partial charge is 0.156 e. The Balaban J connectivity index is 1.52. The Morgan fingerprint density at radius 2 is 1.84 bits per heavy atom. The number of anilines is 1. The van der Waals surface area contributed by atoms with Crippen LogP contribution < -0.4 is 4.90 Å². The summed E-state index contributed by atoms with van der Waals surface area (Å²) in [6.45, 7) is 4.71. The Bertz CT molecular complexity index is 1260. The van der Waals surface area contributed by atoms with Crippen molar-refractivity contribution in [2.45, 2.75) is 83.2 Å². The molecule has 1 N–H and O–H groups in total. The third-order valence-corrected chi connectivity index (χ3v) is 10.3. The van der Waals surface area contributed by atoms with Crippen molar-refractivity contribution in [3.05, 3.63) is 52.1 Å². The fraction of sp³-hybridized carbons (Fsp3) is 0.594. The van der Waals surface area contributed by atoms with E-state index in [4.69, 9.17) is 0 Å². The van der Waals surface area contributed by atoms with E-state index in [1.807, 2.05) is 18.9 Å². The highest BCUT2D eigenvalue weighted by atomic mass is 19.1. The van der Waals surface area contributed by atoms with E-state index in [1.54, 1.807) is 6.08 Å². The molecule has 5 atom stereocenters. The lowest BCUT2D eigenvalue weighted by atomic mass is 9.51. The Kier molecular flexibility index (Phi) is 5.91. The summed E-state index contributed by atoms with van der Waals surface area (Å²) in [5.41, 5.74) is 2.26. The summed E-state index contributed by atoms with van der Waals surface area (Å²) in [5, 5.41) is 12.0. The lowest BCUT2D eigenvalue weighted by molar-refractivity contribution is -0.114. The van der Waals surface area contributed by atoms with Gasteiger partial charge in [-0.25, -0.2) is 8.78 Å². The SMILES string of the molecule is CCN(C)c1cc(F)c([C@H]2C[C@@]3(C)[C@@H](CC[C@@]3(O)C#CC3CC3)[C@@H]3CCC4=CC(=O)CCC4=C32)c(F)c1. The van der Waals surface area contributed by atoms with Crippen molar-refractivity contribution in [2.75, 3.05) is 18.5 Å². The predicted octanol–water partition coefficient (Wildman–Crippen LogP) is 6.46. The number of ketones is 1. The van der Waals surface area contributed by atoms with Gasteiger partial charge in [0.2, 0.25) is 0 Å². The molecule has 1 aromatic rings. The molecule has 0 amide bonds. The quantitative estimate of drug-likeness (QED) is 0.479. The second kappa shape index (κ2) is 8.80. The molecular formula is C32H37F2NO2. The number of hydrogen-bond donors (Lipinski definition) is 1. The van der Waals surface area contributed by atoms with Crippen LogP contribution in [-0.4, -0.2) is 30.1 Å². The van der Waals surface area contributed by atoms with Gasteiger partial charge in [-0.15, -0.1) is 0 Å². The topological polar surface area (TPSA) is 40.5 Å². The molecule has 5 heteroatoms. The standard InChI is InChI=1S/C32H37F2NO2/c1-4-35(3)21-16-27(33)30(28(34)17-21)25-18-31(2)26(12-14-32(31,37)13-11-19-5-6-19)24-9-7-20-15-22(36)8-10-23(20)29(24)25/h15-17,19,24-26,37H,4-10,12,14,18H2,1-3H3/t24-,25-,26-,31-,32-/m0/s1. The monoisotopic (exact) mass is 505 g/mol. The zero-order valence-electron chi connectivity index (χ0n) is 22.2. The first kappa shape index (κ1) is 24.9. The minimum absolute atomic E-state index is 0.114. The molecule has 0 aliphatic heterocycles. The molecule has 0 radical (unpaired) electrons. The number of halogens is 2. The molecule has 3 nitrogen and oxygen atoms in total. The average Bonchev–Trinajstić information content (AvgIpc) is 3.66. The summed E-state index contributed by atoms with van der Waals surface area (Å²) in [5.74, 6) is 5.94. The fourth-order valence-corrected chi connectivity index (χ4v) is 7.89. The van der Waals surface area contributed by atoms with Gasteiger partial charge in [0.05, 0.1) is 0 Å². The van der Waals surface area contributed by atoms with Crippen LogP contribution in [0.5, 0.6) is 0 Å². The molecule has 5 aliphatic rings. The molecule has 0 bridgehead atoms. The van der Waals surface area contributed by atoms with Crippen LogP contribution in [0.2, 0.25) is 0 Å². The van der Waals surface area contributed by atoms with Gasteiger partial charge in [-0.2, -0.15) is 0 Å². The van der Waals surface area contributed by atoms with Crippen LogP contribution in [0.25, 0.3) is 0 Å². The number of carbonyl (C=O) groups is 1. The number of fused-ring (bicyclic) bond motifs is 4. The van der Waals surface area contributed by atoms with Crippen molar-refractivity contribution in [2.24, 2.45) is 23.2 Å². The van der Waals surface area contributed by atoms with Gasteiger partial charge in [0.1, 0.15) is 17.2 Å². The van der Waals surface area contributed by atoms with Gasteiger partial charge >= 0.3 is 0 Å². The van der Waals surface area contributed by atoms with Crippen LogP contribution in [0.4, 0.5) is 14.5 Å². The number of aliphatic hydroxyl groups is 1. The van der Waals surface area contributed by atoms with E-state index in [-0.39, 0.29) is 23.2 Å². The molecule has 0 saturated heterocycles. The Hall–Kier alpha value is -2.45. The predicted molar refractivity (Wildman–Crippen MR) is 141 cm³/mol. The molecule has 3 saturated carbocycles. The second-order valence-corrected chi connectivity index (χ2v) is 12.3. The Morgan fingerprint density at radius 1 is 1.11 bits per heavy atom. The van der Waals surface area contributed by atoms with Crippen LogP contribution in [0.1, 0.15) is 83.1 Å². The van der Waals surface area contributed by atoms with Crippen molar-refractivity contribution in [3.8, 4) is 11.8 Å². The van der Waals surface area contributed by atoms with Gasteiger partial charge in [-0.05, 0) is 99.5 Å². The highest BCUT2D eigenvalue weighted by Gasteiger charge is 2.63. The maximum atomic E-state index is 15.9. The van der Waals surface area contributed by atoms with E-state index in [0.717, 1.165) is 48.8 Å². The summed E-state index contributed by atoms with van der Waals surface area (Å²) < 4.78 is 31.8. The van der Waals surface area contributed by atoms with Crippen LogP contribution in [0.3, 0.4) is 0 Å². The van der Waals surface area contributed by atoms with Gasteiger partial charge in [-0.1, -0.05) is 24.3 Å². The molecule has 0 aromatic heterocycles. The van der Waals surface area contributed by atoms with Crippen molar-refractivity contribution < 1.29 is 18.7 Å². The molecule has 0 unspecified atom stereocenters. The lowest BCUT2D eigenvalue weighted by Crippen LogP contribution is -2.51. The lowest BCUT2D eigenvalue weighted by Gasteiger charge is -2.53. The van der Waals surface area contributed by atoms with Gasteiger partial charge < -0.3 is 10.0 Å². The van der Waals surface area contributed by atoms with Crippen molar-refractivity contribution in [1.82, 2.24) is 0 Å². The summed E-state index contributed by atoms with van der Waals surface area (Å²) in [6, 6.07) is 2.91. The van der Waals surface area contributed by atoms with E-state index >= 15 is 8.78 Å². The van der Waals surface area contributed by atoms with Gasteiger partial charge in [0.25, 0.3) is 0 Å². The number of rotatable bonds is 3.